The van der Waals surface area contributed by atoms with Crippen LogP contribution in [0.5, 0.6) is 5.75 Å². The van der Waals surface area contributed by atoms with Crippen molar-refractivity contribution < 1.29 is 9.13 Å². The molecule has 126 valence electrons. The van der Waals surface area contributed by atoms with Gasteiger partial charge in [-0.3, -0.25) is 15.4 Å². The van der Waals surface area contributed by atoms with Gasteiger partial charge in [-0.15, -0.1) is 0 Å². The molecular formula is C18H16FN5O. The fourth-order valence-electron chi connectivity index (χ4n) is 3.18. The highest BCUT2D eigenvalue weighted by Gasteiger charge is 2.24. The summed E-state index contributed by atoms with van der Waals surface area (Å²) < 4.78 is 21.0. The van der Waals surface area contributed by atoms with Gasteiger partial charge in [-0.2, -0.15) is 4.98 Å². The Hall–Kier alpha value is -3.22. The van der Waals surface area contributed by atoms with Crippen LogP contribution in [0.4, 0.5) is 15.9 Å². The minimum absolute atomic E-state index is 0.0789. The van der Waals surface area contributed by atoms with Gasteiger partial charge in [-0.05, 0) is 36.8 Å². The van der Waals surface area contributed by atoms with Crippen molar-refractivity contribution in [1.82, 2.24) is 9.55 Å². The molecule has 0 saturated heterocycles. The smallest absolute Gasteiger partial charge is 0.229 e. The molecule has 0 radical (unpaired) electrons. The number of rotatable bonds is 2. The number of aryl methyl sites for hydroxylation is 1. The van der Waals surface area contributed by atoms with Gasteiger partial charge in [0, 0.05) is 5.39 Å². The summed E-state index contributed by atoms with van der Waals surface area (Å²) in [5.74, 6) is 0.880. The molecule has 4 rings (SSSR count). The van der Waals surface area contributed by atoms with Crippen LogP contribution in [0.15, 0.2) is 36.4 Å². The van der Waals surface area contributed by atoms with Crippen molar-refractivity contribution in [1.29, 1.82) is 10.8 Å². The van der Waals surface area contributed by atoms with Gasteiger partial charge < -0.3 is 9.64 Å². The molecule has 0 amide bonds. The van der Waals surface area contributed by atoms with Crippen LogP contribution < -0.4 is 15.3 Å². The summed E-state index contributed by atoms with van der Waals surface area (Å²) in [6.45, 7) is 2.99. The second-order valence-corrected chi connectivity index (χ2v) is 5.84. The molecule has 0 unspecified atom stereocenters. The summed E-state index contributed by atoms with van der Waals surface area (Å²) in [7, 11) is 0. The molecule has 0 aliphatic carbocycles. The Kier molecular flexibility index (Phi) is 3.49. The Labute approximate surface area is 143 Å². The van der Waals surface area contributed by atoms with Crippen molar-refractivity contribution in [3.8, 4) is 5.75 Å². The minimum Gasteiger partial charge on any atom is -0.489 e. The number of halogens is 1. The molecule has 0 bridgehead atoms. The Morgan fingerprint density at radius 3 is 2.92 bits per heavy atom. The van der Waals surface area contributed by atoms with E-state index in [2.05, 4.69) is 4.98 Å². The van der Waals surface area contributed by atoms with E-state index in [0.29, 0.717) is 29.9 Å². The normalized spacial score (nSPS) is 13.4. The van der Waals surface area contributed by atoms with E-state index >= 15 is 0 Å². The average Bonchev–Trinajstić information content (AvgIpc) is 2.61. The van der Waals surface area contributed by atoms with Gasteiger partial charge in [-0.1, -0.05) is 12.1 Å². The molecule has 0 spiro atoms. The predicted molar refractivity (Wildman–Crippen MR) is 93.4 cm³/mol. The largest absolute Gasteiger partial charge is 0.489 e. The zero-order valence-corrected chi connectivity index (χ0v) is 13.6. The fourth-order valence-corrected chi connectivity index (χ4v) is 3.18. The van der Waals surface area contributed by atoms with E-state index in [1.807, 2.05) is 30.0 Å². The number of para-hydroxylation sites is 1. The van der Waals surface area contributed by atoms with Gasteiger partial charge in [0.25, 0.3) is 0 Å². The first-order chi connectivity index (χ1) is 12.1. The van der Waals surface area contributed by atoms with Gasteiger partial charge in [-0.25, -0.2) is 4.39 Å². The lowest BCUT2D eigenvalue weighted by Gasteiger charge is -2.32. The highest BCUT2D eigenvalue weighted by molar-refractivity contribution is 5.95. The number of aromatic nitrogens is 2. The van der Waals surface area contributed by atoms with Gasteiger partial charge in [0.2, 0.25) is 5.62 Å². The van der Waals surface area contributed by atoms with Crippen molar-refractivity contribution in [2.75, 3.05) is 18.1 Å². The zero-order chi connectivity index (χ0) is 17.6. The van der Waals surface area contributed by atoms with E-state index in [-0.39, 0.29) is 11.4 Å². The van der Waals surface area contributed by atoms with Gasteiger partial charge in [0.05, 0.1) is 24.1 Å². The summed E-state index contributed by atoms with van der Waals surface area (Å²) in [6, 6.07) is 10.1. The minimum atomic E-state index is -0.387. The first-order valence-electron chi connectivity index (χ1n) is 7.87. The van der Waals surface area contributed by atoms with Crippen LogP contribution in [0.2, 0.25) is 0 Å². The molecular weight excluding hydrogens is 321 g/mol. The number of nitrogens with zero attached hydrogens (tertiary/aromatic N) is 3. The number of benzene rings is 2. The van der Waals surface area contributed by atoms with E-state index in [9.17, 15) is 4.39 Å². The maximum absolute atomic E-state index is 13.9. The molecule has 1 aliphatic rings. The summed E-state index contributed by atoms with van der Waals surface area (Å²) in [4.78, 5) is 6.29. The molecule has 7 heteroatoms. The lowest BCUT2D eigenvalue weighted by Crippen LogP contribution is -2.33. The van der Waals surface area contributed by atoms with Crippen LogP contribution in [0, 0.1) is 23.6 Å². The molecule has 2 heterocycles. The first-order valence-corrected chi connectivity index (χ1v) is 7.87. The van der Waals surface area contributed by atoms with E-state index in [0.717, 1.165) is 23.3 Å². The number of hydrogen-bond donors (Lipinski definition) is 2. The molecule has 0 atom stereocenters. The second-order valence-electron chi connectivity index (χ2n) is 5.84. The summed E-state index contributed by atoms with van der Waals surface area (Å²) >= 11 is 0. The molecule has 0 saturated carbocycles. The predicted octanol–water partition coefficient (Wildman–Crippen LogP) is 2.95. The lowest BCUT2D eigenvalue weighted by atomic mass is 10.1. The maximum Gasteiger partial charge on any atom is 0.229 e. The van der Waals surface area contributed by atoms with Crippen LogP contribution >= 0.6 is 0 Å². The zero-order valence-electron chi connectivity index (χ0n) is 13.6. The highest BCUT2D eigenvalue weighted by Crippen LogP contribution is 2.39. The SMILES string of the molecule is Cc1cccc2c1OCCN2c1nc(=N)n(C=N)c2ccc(F)cc12. The van der Waals surface area contributed by atoms with E-state index in [1.165, 1.54) is 16.7 Å². The van der Waals surface area contributed by atoms with Crippen LogP contribution in [0.25, 0.3) is 10.9 Å². The third-order valence-corrected chi connectivity index (χ3v) is 4.33. The van der Waals surface area contributed by atoms with E-state index < -0.39 is 0 Å². The topological polar surface area (TPSA) is 78.0 Å². The Morgan fingerprint density at radius 2 is 2.12 bits per heavy atom. The number of hydrogen-bond acceptors (Lipinski definition) is 5. The van der Waals surface area contributed by atoms with Crippen LogP contribution in [0.1, 0.15) is 5.56 Å². The molecule has 6 nitrogen and oxygen atoms in total. The second kappa shape index (κ2) is 5.70. The van der Waals surface area contributed by atoms with Crippen molar-refractivity contribution in [3.63, 3.8) is 0 Å². The lowest BCUT2D eigenvalue weighted by molar-refractivity contribution is 0.311. The number of nitrogens with one attached hydrogen (secondary N) is 2. The van der Waals surface area contributed by atoms with Crippen molar-refractivity contribution in [2.45, 2.75) is 6.92 Å². The molecule has 2 aromatic carbocycles. The van der Waals surface area contributed by atoms with Gasteiger partial charge in [0.1, 0.15) is 24.0 Å². The molecule has 0 fully saturated rings. The Bertz CT molecular complexity index is 1060. The molecule has 1 aromatic heterocycles. The van der Waals surface area contributed by atoms with Crippen LogP contribution in [-0.2, 0) is 0 Å². The van der Waals surface area contributed by atoms with E-state index in [1.54, 1.807) is 6.07 Å². The highest BCUT2D eigenvalue weighted by atomic mass is 19.1. The quantitative estimate of drug-likeness (QED) is 0.557. The van der Waals surface area contributed by atoms with Crippen LogP contribution in [0.3, 0.4) is 0 Å². The molecule has 25 heavy (non-hydrogen) atoms. The Balaban J connectivity index is 2.04. The van der Waals surface area contributed by atoms with Crippen LogP contribution in [-0.4, -0.2) is 29.0 Å². The summed E-state index contributed by atoms with van der Waals surface area (Å²) in [5.41, 5.74) is 2.34. The monoisotopic (exact) mass is 337 g/mol. The Morgan fingerprint density at radius 1 is 1.28 bits per heavy atom. The fraction of sp³-hybridized carbons (Fsp3) is 0.167. The summed E-state index contributed by atoms with van der Waals surface area (Å²) in [5, 5.41) is 16.2. The van der Waals surface area contributed by atoms with Crippen molar-refractivity contribution in [3.05, 3.63) is 53.4 Å². The van der Waals surface area contributed by atoms with E-state index in [4.69, 9.17) is 15.6 Å². The third kappa shape index (κ3) is 2.36. The molecule has 2 N–H and O–H groups in total. The number of anilines is 2. The summed E-state index contributed by atoms with van der Waals surface area (Å²) in [6.07, 6.45) is 1.01. The van der Waals surface area contributed by atoms with Gasteiger partial charge in [0.15, 0.2) is 0 Å². The van der Waals surface area contributed by atoms with Gasteiger partial charge >= 0.3 is 0 Å². The molecule has 3 aromatic rings. The third-order valence-electron chi connectivity index (χ3n) is 4.33. The standard InChI is InChI=1S/C18H16FN5O/c1-11-3-2-4-15-16(11)25-8-7-23(15)17-13-9-12(19)5-6-14(13)24(10-20)18(21)22-17/h2-6,9-10,20-21H,7-8H2,1H3. The van der Waals surface area contributed by atoms with Crippen molar-refractivity contribution in [2.24, 2.45) is 0 Å². The average molecular weight is 337 g/mol. The first kappa shape index (κ1) is 15.3. The maximum atomic E-state index is 13.9. The van der Waals surface area contributed by atoms with Crippen molar-refractivity contribution >= 4 is 28.7 Å². The number of ether oxygens (including phenoxy) is 1. The molecule has 1 aliphatic heterocycles. The number of fused-ring (bicyclic) bond motifs is 2.